The maximum absolute atomic E-state index is 10.7. The monoisotopic (exact) mass is 155 g/mol. The third-order valence-corrected chi connectivity index (χ3v) is 1.93. The van der Waals surface area contributed by atoms with E-state index in [2.05, 4.69) is 16.7 Å². The Balaban J connectivity index is 2.31. The smallest absolute Gasteiger partial charge is 0.313 e. The fourth-order valence-electron chi connectivity index (χ4n) is 1.08. The van der Waals surface area contributed by atoms with E-state index in [1.807, 2.05) is 4.90 Å². The highest BCUT2D eigenvalue weighted by atomic mass is 16.8. The zero-order valence-corrected chi connectivity index (χ0v) is 6.44. The van der Waals surface area contributed by atoms with E-state index in [0.29, 0.717) is 22.5 Å². The first-order valence-electron chi connectivity index (χ1n) is 3.53. The lowest BCUT2D eigenvalue weighted by atomic mass is 10.5. The summed E-state index contributed by atoms with van der Waals surface area (Å²) in [4.78, 5) is 2.44. The summed E-state index contributed by atoms with van der Waals surface area (Å²) in [6.07, 6.45) is 0. The second-order valence-corrected chi connectivity index (χ2v) is 2.84. The van der Waals surface area contributed by atoms with Gasteiger partial charge in [0.2, 0.25) is 5.69 Å². The van der Waals surface area contributed by atoms with E-state index in [-0.39, 0.29) is 0 Å². The predicted molar refractivity (Wildman–Crippen MR) is 37.0 cm³/mol. The Morgan fingerprint density at radius 1 is 1.82 bits per heavy atom. The van der Waals surface area contributed by atoms with Crippen LogP contribution in [0.2, 0.25) is 0 Å². The molecule has 1 atom stereocenters. The minimum Gasteiger partial charge on any atom is -0.359 e. The Hall–Kier alpha value is -1.26. The molecule has 1 aromatic heterocycles. The van der Waals surface area contributed by atoms with Gasteiger partial charge in [0.25, 0.3) is 0 Å². The molecule has 1 unspecified atom stereocenters. The summed E-state index contributed by atoms with van der Waals surface area (Å²) in [5.74, 6) is 0.674. The normalized spacial score (nSPS) is 22.4. The van der Waals surface area contributed by atoms with Crippen LogP contribution in [0.5, 0.6) is 0 Å². The van der Waals surface area contributed by atoms with Crippen LogP contribution < -0.4 is 9.80 Å². The maximum atomic E-state index is 10.7. The average molecular weight is 155 g/mol. The third-order valence-electron chi connectivity index (χ3n) is 1.93. The van der Waals surface area contributed by atoms with Crippen molar-refractivity contribution in [3.05, 3.63) is 10.9 Å². The van der Waals surface area contributed by atoms with Crippen LogP contribution in [0.4, 0.5) is 5.82 Å². The Labute approximate surface area is 63.7 Å². The second kappa shape index (κ2) is 1.87. The number of rotatable bonds is 1. The molecule has 60 valence electrons. The average Bonchev–Trinajstić information content (AvgIpc) is 2.58. The van der Waals surface area contributed by atoms with Gasteiger partial charge in [0.15, 0.2) is 0 Å². The summed E-state index contributed by atoms with van der Waals surface area (Å²) < 4.78 is 4.41. The highest BCUT2D eigenvalue weighted by Gasteiger charge is 2.37. The zero-order valence-electron chi connectivity index (χ0n) is 6.44. The van der Waals surface area contributed by atoms with E-state index in [4.69, 9.17) is 0 Å². The van der Waals surface area contributed by atoms with Gasteiger partial charge in [-0.2, -0.15) is 0 Å². The largest absolute Gasteiger partial charge is 0.359 e. The minimum absolute atomic E-state index is 0.431. The summed E-state index contributed by atoms with van der Waals surface area (Å²) in [6, 6.07) is 0.499. The molecule has 2 heterocycles. The topological polar surface area (TPSA) is 56.0 Å². The molecule has 0 N–H and O–H groups in total. The van der Waals surface area contributed by atoms with Crippen LogP contribution in [0.25, 0.3) is 0 Å². The second-order valence-electron chi connectivity index (χ2n) is 2.84. The van der Waals surface area contributed by atoms with Crippen LogP contribution in [0.15, 0.2) is 4.63 Å². The van der Waals surface area contributed by atoms with Gasteiger partial charge < -0.3 is 10.1 Å². The molecule has 5 heteroatoms. The van der Waals surface area contributed by atoms with Crippen LogP contribution in [-0.2, 0) is 0 Å². The predicted octanol–water partition coefficient (Wildman–Crippen LogP) is -0.175. The summed E-state index contributed by atoms with van der Waals surface area (Å²) in [6.45, 7) is 4.74. The van der Waals surface area contributed by atoms with Crippen LogP contribution in [0.1, 0.15) is 12.6 Å². The van der Waals surface area contributed by atoms with Crippen molar-refractivity contribution in [2.24, 2.45) is 0 Å². The van der Waals surface area contributed by atoms with Gasteiger partial charge in [0, 0.05) is 19.5 Å². The number of hydrogen-bond acceptors (Lipinski definition) is 4. The van der Waals surface area contributed by atoms with Gasteiger partial charge in [-0.3, -0.25) is 4.63 Å². The molecule has 0 aliphatic carbocycles. The van der Waals surface area contributed by atoms with Crippen molar-refractivity contribution in [2.75, 3.05) is 11.4 Å². The molecule has 0 amide bonds. The van der Waals surface area contributed by atoms with E-state index in [1.54, 1.807) is 6.92 Å². The van der Waals surface area contributed by atoms with Crippen molar-refractivity contribution >= 4 is 5.82 Å². The minimum atomic E-state index is 0.431. The molecule has 0 radical (unpaired) electrons. The molecular formula is C6H9N3O2. The van der Waals surface area contributed by atoms with E-state index >= 15 is 0 Å². The molecule has 0 saturated carbocycles. The number of hydrogen-bond donors (Lipinski definition) is 0. The van der Waals surface area contributed by atoms with Crippen molar-refractivity contribution < 1.29 is 9.53 Å². The standard InChI is InChI=1S/C6H9N3O2/c1-4-3-8(4)6-5(2)9(10)11-7-6/h4H,3H2,1-2H3. The van der Waals surface area contributed by atoms with E-state index in [1.165, 1.54) is 0 Å². The quantitative estimate of drug-likeness (QED) is 0.417. The third kappa shape index (κ3) is 0.840. The fourth-order valence-corrected chi connectivity index (χ4v) is 1.08. The summed E-state index contributed by atoms with van der Waals surface area (Å²) >= 11 is 0. The van der Waals surface area contributed by atoms with Crippen LogP contribution in [-0.4, -0.2) is 17.7 Å². The maximum Gasteiger partial charge on any atom is 0.313 e. The molecule has 1 aliphatic rings. The molecule has 1 fully saturated rings. The van der Waals surface area contributed by atoms with Crippen LogP contribution in [0.3, 0.4) is 0 Å². The van der Waals surface area contributed by atoms with Gasteiger partial charge in [-0.1, -0.05) is 0 Å². The Morgan fingerprint density at radius 2 is 2.45 bits per heavy atom. The SMILES string of the molecule is Cc1c(N2CC2C)no[n+]1[O-]. The van der Waals surface area contributed by atoms with E-state index in [9.17, 15) is 5.21 Å². The number of anilines is 1. The zero-order chi connectivity index (χ0) is 8.01. The van der Waals surface area contributed by atoms with Crippen LogP contribution in [0, 0.1) is 12.1 Å². The number of aromatic nitrogens is 2. The van der Waals surface area contributed by atoms with Gasteiger partial charge in [-0.25, -0.2) is 0 Å². The first kappa shape index (κ1) is 6.45. The molecule has 0 bridgehead atoms. The van der Waals surface area contributed by atoms with Gasteiger partial charge in [0.1, 0.15) is 0 Å². The molecule has 1 saturated heterocycles. The van der Waals surface area contributed by atoms with Crippen molar-refractivity contribution in [1.29, 1.82) is 0 Å². The Kier molecular flexibility index (Phi) is 1.10. The first-order chi connectivity index (χ1) is 5.20. The van der Waals surface area contributed by atoms with Crippen LogP contribution >= 0.6 is 0 Å². The lowest BCUT2D eigenvalue weighted by Crippen LogP contribution is -2.26. The fraction of sp³-hybridized carbons (Fsp3) is 0.667. The lowest BCUT2D eigenvalue weighted by molar-refractivity contribution is -0.806. The van der Waals surface area contributed by atoms with Gasteiger partial charge in [-0.05, 0) is 11.8 Å². The highest BCUT2D eigenvalue weighted by molar-refractivity contribution is 5.47. The van der Waals surface area contributed by atoms with E-state index < -0.39 is 0 Å². The Morgan fingerprint density at radius 3 is 2.82 bits per heavy atom. The summed E-state index contributed by atoms with van der Waals surface area (Å²) in [7, 11) is 0. The van der Waals surface area contributed by atoms with Gasteiger partial charge in [0.05, 0.1) is 5.16 Å². The first-order valence-corrected chi connectivity index (χ1v) is 3.53. The molecule has 2 rings (SSSR count). The van der Waals surface area contributed by atoms with Gasteiger partial charge in [-0.15, -0.1) is 0 Å². The van der Waals surface area contributed by atoms with Crippen molar-refractivity contribution in [1.82, 2.24) is 5.16 Å². The molecule has 0 spiro atoms. The summed E-state index contributed by atoms with van der Waals surface area (Å²) in [5, 5.41) is 14.4. The number of nitrogens with zero attached hydrogens (tertiary/aromatic N) is 3. The molecule has 11 heavy (non-hydrogen) atoms. The Bertz CT molecular complexity index is 283. The molecule has 5 nitrogen and oxygen atoms in total. The van der Waals surface area contributed by atoms with Crippen molar-refractivity contribution in [2.45, 2.75) is 19.9 Å². The van der Waals surface area contributed by atoms with Gasteiger partial charge >= 0.3 is 5.82 Å². The molecular weight excluding hydrogens is 146 g/mol. The van der Waals surface area contributed by atoms with Crippen molar-refractivity contribution in [3.8, 4) is 0 Å². The van der Waals surface area contributed by atoms with Crippen molar-refractivity contribution in [3.63, 3.8) is 0 Å². The van der Waals surface area contributed by atoms with E-state index in [0.717, 1.165) is 6.54 Å². The summed E-state index contributed by atoms with van der Waals surface area (Å²) in [5.41, 5.74) is 0.536. The lowest BCUT2D eigenvalue weighted by Gasteiger charge is -1.91. The molecule has 1 aliphatic heterocycles. The highest BCUT2D eigenvalue weighted by Crippen LogP contribution is 2.26. The molecule has 0 aromatic carbocycles. The molecule has 1 aromatic rings.